The maximum absolute atomic E-state index is 11.8. The van der Waals surface area contributed by atoms with Crippen LogP contribution in [0.5, 0.6) is 0 Å². The van der Waals surface area contributed by atoms with Crippen LogP contribution in [0.1, 0.15) is 12.0 Å². The topological polar surface area (TPSA) is 94.6 Å². The minimum atomic E-state index is -3.57. The lowest BCUT2D eigenvalue weighted by molar-refractivity contribution is 0.388. The molecule has 96 valence electrons. The largest absolute Gasteiger partial charge is 0.505 e. The van der Waals surface area contributed by atoms with Crippen molar-refractivity contribution in [2.24, 2.45) is 0 Å². The molecule has 1 aromatic rings. The number of aryl methyl sites for hydroxylation is 1. The molecule has 0 amide bonds. The smallest absolute Gasteiger partial charge is 0.387 e. The first-order valence-corrected chi connectivity index (χ1v) is 6.72. The Bertz CT molecular complexity index is 571. The molecule has 0 saturated heterocycles. The fourth-order valence-electron chi connectivity index (χ4n) is 1.25. The molecule has 0 saturated carbocycles. The Balaban J connectivity index is 2.64. The van der Waals surface area contributed by atoms with Crippen molar-refractivity contribution in [1.29, 1.82) is 5.39 Å². The van der Waals surface area contributed by atoms with E-state index in [9.17, 15) is 8.42 Å². The van der Waals surface area contributed by atoms with Crippen molar-refractivity contribution in [3.63, 3.8) is 0 Å². The number of hydrogen-bond acceptors (Lipinski definition) is 4. The van der Waals surface area contributed by atoms with E-state index in [1.807, 2.05) is 6.92 Å². The Hall–Kier alpha value is -1.91. The van der Waals surface area contributed by atoms with Crippen molar-refractivity contribution in [2.75, 3.05) is 6.54 Å². The van der Waals surface area contributed by atoms with E-state index in [1.165, 1.54) is 12.1 Å². The van der Waals surface area contributed by atoms with Gasteiger partial charge in [0, 0.05) is 13.0 Å². The lowest BCUT2D eigenvalue weighted by Gasteiger charge is -2.05. The van der Waals surface area contributed by atoms with Gasteiger partial charge in [0.1, 0.15) is 0 Å². The molecule has 18 heavy (non-hydrogen) atoms. The first-order valence-electron chi connectivity index (χ1n) is 5.24. The number of aliphatic hydroxyl groups is 1. The standard InChI is InChI=1S/C11H13N3O3S/c1-9-2-4-11(5-3-9)18(16,17)14-7-6-10(15)8-13-12/h2-5,8,14H,6-7H2,1H3/p+1/b10-8-. The van der Waals surface area contributed by atoms with Crippen molar-refractivity contribution >= 4 is 10.0 Å². The summed E-state index contributed by atoms with van der Waals surface area (Å²) in [7, 11) is -3.57. The normalized spacial score (nSPS) is 12.1. The van der Waals surface area contributed by atoms with E-state index in [0.717, 1.165) is 11.8 Å². The van der Waals surface area contributed by atoms with Gasteiger partial charge in [0.2, 0.25) is 15.4 Å². The van der Waals surface area contributed by atoms with E-state index < -0.39 is 10.0 Å². The molecule has 0 fully saturated rings. The molecule has 0 heterocycles. The summed E-state index contributed by atoms with van der Waals surface area (Å²) < 4.78 is 25.9. The van der Waals surface area contributed by atoms with Gasteiger partial charge >= 0.3 is 6.20 Å². The molecule has 0 radical (unpaired) electrons. The number of rotatable bonds is 5. The Morgan fingerprint density at radius 1 is 1.44 bits per heavy atom. The average molecular weight is 268 g/mol. The molecule has 0 aliphatic rings. The summed E-state index contributed by atoms with van der Waals surface area (Å²) in [6, 6.07) is 6.43. The van der Waals surface area contributed by atoms with Crippen molar-refractivity contribution < 1.29 is 13.5 Å². The molecule has 1 rings (SSSR count). The number of benzene rings is 1. The highest BCUT2D eigenvalue weighted by molar-refractivity contribution is 7.89. The molecule has 0 bridgehead atoms. The van der Waals surface area contributed by atoms with Gasteiger partial charge < -0.3 is 5.11 Å². The van der Waals surface area contributed by atoms with Crippen LogP contribution in [0.25, 0.3) is 4.98 Å². The van der Waals surface area contributed by atoms with E-state index >= 15 is 0 Å². The van der Waals surface area contributed by atoms with Gasteiger partial charge in [-0.2, -0.15) is 0 Å². The molecule has 0 aliphatic carbocycles. The maximum atomic E-state index is 11.8. The fraction of sp³-hybridized carbons (Fsp3) is 0.273. The number of aliphatic hydroxyl groups excluding tert-OH is 1. The number of nitrogens with zero attached hydrogens (tertiary/aromatic N) is 2. The van der Waals surface area contributed by atoms with Crippen LogP contribution >= 0.6 is 0 Å². The highest BCUT2D eigenvalue weighted by Gasteiger charge is 2.13. The van der Waals surface area contributed by atoms with Crippen LogP contribution in [0, 0.1) is 12.3 Å². The van der Waals surface area contributed by atoms with E-state index in [-0.39, 0.29) is 23.6 Å². The second-order valence-electron chi connectivity index (χ2n) is 3.70. The van der Waals surface area contributed by atoms with Gasteiger partial charge in [0.05, 0.1) is 4.90 Å². The molecular weight excluding hydrogens is 254 g/mol. The Kier molecular flexibility index (Phi) is 4.83. The van der Waals surface area contributed by atoms with Gasteiger partial charge in [0.25, 0.3) is 0 Å². The predicted molar refractivity (Wildman–Crippen MR) is 66.8 cm³/mol. The second-order valence-corrected chi connectivity index (χ2v) is 5.46. The lowest BCUT2D eigenvalue weighted by atomic mass is 10.2. The van der Waals surface area contributed by atoms with Crippen molar-refractivity contribution in [1.82, 2.24) is 4.72 Å². The quantitative estimate of drug-likeness (QED) is 0.630. The van der Waals surface area contributed by atoms with Crippen molar-refractivity contribution in [3.8, 4) is 0 Å². The molecule has 0 aromatic heterocycles. The van der Waals surface area contributed by atoms with E-state index in [1.54, 1.807) is 12.1 Å². The van der Waals surface area contributed by atoms with Gasteiger partial charge in [0.15, 0.2) is 10.7 Å². The van der Waals surface area contributed by atoms with Crippen molar-refractivity contribution in [2.45, 2.75) is 18.2 Å². The Morgan fingerprint density at radius 2 is 2.06 bits per heavy atom. The van der Waals surface area contributed by atoms with Gasteiger partial charge in [-0.25, -0.2) is 13.1 Å². The van der Waals surface area contributed by atoms with E-state index in [4.69, 9.17) is 10.5 Å². The minimum Gasteiger partial charge on any atom is -0.505 e. The van der Waals surface area contributed by atoms with Crippen LogP contribution in [-0.2, 0) is 10.0 Å². The van der Waals surface area contributed by atoms with E-state index in [0.29, 0.717) is 0 Å². The molecule has 0 unspecified atom stereocenters. The fourth-order valence-corrected chi connectivity index (χ4v) is 2.28. The van der Waals surface area contributed by atoms with Gasteiger partial charge in [-0.1, -0.05) is 17.7 Å². The number of nitrogens with one attached hydrogen (secondary N) is 1. The summed E-state index contributed by atoms with van der Waals surface area (Å²) in [4.78, 5) is 2.80. The molecule has 7 heteroatoms. The Morgan fingerprint density at radius 3 is 2.61 bits per heavy atom. The maximum Gasteiger partial charge on any atom is 0.387 e. The van der Waals surface area contributed by atoms with Gasteiger partial charge in [-0.15, -0.1) is 0 Å². The zero-order valence-corrected chi connectivity index (χ0v) is 10.7. The molecule has 2 N–H and O–H groups in total. The third kappa shape index (κ3) is 4.16. The van der Waals surface area contributed by atoms with Crippen LogP contribution in [0.3, 0.4) is 0 Å². The van der Waals surface area contributed by atoms with Crippen molar-refractivity contribution in [3.05, 3.63) is 46.8 Å². The van der Waals surface area contributed by atoms with Gasteiger partial charge in [-0.05, 0) is 19.1 Å². The Labute approximate surface area is 106 Å². The summed E-state index contributed by atoms with van der Waals surface area (Å²) in [5.74, 6) is -0.205. The molecule has 0 atom stereocenters. The van der Waals surface area contributed by atoms with Crippen LogP contribution in [0.4, 0.5) is 0 Å². The first-order chi connectivity index (χ1) is 8.45. The summed E-state index contributed by atoms with van der Waals surface area (Å²) in [5, 5.41) is 17.3. The number of hydrogen-bond donors (Lipinski definition) is 2. The predicted octanol–water partition coefficient (Wildman–Crippen LogP) is 1.92. The number of sulfonamides is 1. The second kappa shape index (κ2) is 6.14. The third-order valence-electron chi connectivity index (χ3n) is 2.21. The first kappa shape index (κ1) is 14.2. The summed E-state index contributed by atoms with van der Waals surface area (Å²) >= 11 is 0. The van der Waals surface area contributed by atoms with Crippen LogP contribution in [-0.4, -0.2) is 20.1 Å². The SMILES string of the molecule is Cc1ccc(S(=O)(=O)NCC/C(O)=C/[N+]#N)cc1. The molecule has 0 aliphatic heterocycles. The highest BCUT2D eigenvalue weighted by Crippen LogP contribution is 2.09. The van der Waals surface area contributed by atoms with Gasteiger partial charge in [-0.3, -0.25) is 0 Å². The van der Waals surface area contributed by atoms with Crippen LogP contribution in [0.2, 0.25) is 0 Å². The molecule has 0 spiro atoms. The van der Waals surface area contributed by atoms with Crippen LogP contribution in [0.15, 0.2) is 41.1 Å². The molecule has 6 nitrogen and oxygen atoms in total. The summed E-state index contributed by atoms with van der Waals surface area (Å²) in [6.45, 7) is 1.89. The number of diazo groups is 1. The average Bonchev–Trinajstić information content (AvgIpc) is 2.29. The molecule has 1 aromatic carbocycles. The minimum absolute atomic E-state index is 0.0219. The summed E-state index contributed by atoms with van der Waals surface area (Å²) in [5.41, 5.74) is 0.971. The summed E-state index contributed by atoms with van der Waals surface area (Å²) in [6.07, 6.45) is 0.898. The van der Waals surface area contributed by atoms with E-state index in [2.05, 4.69) is 9.70 Å². The zero-order valence-electron chi connectivity index (χ0n) is 9.87. The lowest BCUT2D eigenvalue weighted by Crippen LogP contribution is -2.25. The van der Waals surface area contributed by atoms with Crippen LogP contribution < -0.4 is 4.72 Å². The molecular formula is C11H14N3O3S+. The zero-order chi connectivity index (χ0) is 13.6. The monoisotopic (exact) mass is 268 g/mol. The third-order valence-corrected chi connectivity index (χ3v) is 3.69. The highest BCUT2D eigenvalue weighted by atomic mass is 32.2.